The monoisotopic (exact) mass is 270 g/mol. The molecule has 0 unspecified atom stereocenters. The van der Waals surface area contributed by atoms with Crippen LogP contribution in [-0.4, -0.2) is 10.9 Å². The molecule has 2 rings (SSSR count). The molecule has 0 bridgehead atoms. The lowest BCUT2D eigenvalue weighted by atomic mass is 9.85. The first-order chi connectivity index (χ1) is 9.62. The molecule has 0 aliphatic rings. The molecule has 0 heterocycles. The molecule has 0 aliphatic carbocycles. The van der Waals surface area contributed by atoms with E-state index in [1.807, 2.05) is 26.0 Å². The van der Waals surface area contributed by atoms with Gasteiger partial charge in [0.2, 0.25) is 0 Å². The first-order valence-electron chi connectivity index (χ1n) is 7.05. The summed E-state index contributed by atoms with van der Waals surface area (Å²) in [6.45, 7) is 3.81. The van der Waals surface area contributed by atoms with Gasteiger partial charge in [-0.1, -0.05) is 60.7 Å². The van der Waals surface area contributed by atoms with Crippen molar-refractivity contribution in [2.75, 3.05) is 0 Å². The summed E-state index contributed by atoms with van der Waals surface area (Å²) in [5.74, 6) is 0.326. The summed E-state index contributed by atoms with van der Waals surface area (Å²) in [4.78, 5) is 4.56. The number of rotatable bonds is 6. The van der Waals surface area contributed by atoms with Gasteiger partial charge in [-0.3, -0.25) is 5.26 Å². The van der Waals surface area contributed by atoms with Crippen molar-refractivity contribution in [3.05, 3.63) is 71.8 Å². The van der Waals surface area contributed by atoms with Crippen molar-refractivity contribution in [1.82, 2.24) is 0 Å². The standard InChI is InChI=1S/C18H22O2/c1-18(2,20-19)14-13-17(15-9-5-3-6-10-15)16-11-7-4-8-12-16/h3-12,17,19H,13-14H2,1-2H3. The van der Waals surface area contributed by atoms with Crippen molar-refractivity contribution in [2.45, 2.75) is 38.2 Å². The van der Waals surface area contributed by atoms with Gasteiger partial charge in [0.1, 0.15) is 0 Å². The fraction of sp³-hybridized carbons (Fsp3) is 0.333. The van der Waals surface area contributed by atoms with Crippen molar-refractivity contribution in [3.8, 4) is 0 Å². The third-order valence-electron chi connectivity index (χ3n) is 3.69. The maximum atomic E-state index is 8.95. The zero-order chi connectivity index (χ0) is 14.4. The first kappa shape index (κ1) is 14.8. The Morgan fingerprint density at radius 3 is 1.75 bits per heavy atom. The zero-order valence-corrected chi connectivity index (χ0v) is 12.1. The molecule has 0 aliphatic heterocycles. The van der Waals surface area contributed by atoms with Gasteiger partial charge in [0, 0.05) is 5.92 Å². The summed E-state index contributed by atoms with van der Waals surface area (Å²) >= 11 is 0. The highest BCUT2D eigenvalue weighted by atomic mass is 17.1. The predicted molar refractivity (Wildman–Crippen MR) is 81.8 cm³/mol. The van der Waals surface area contributed by atoms with Gasteiger partial charge in [0.15, 0.2) is 0 Å². The Morgan fingerprint density at radius 2 is 1.35 bits per heavy atom. The number of hydrogen-bond donors (Lipinski definition) is 1. The van der Waals surface area contributed by atoms with Crippen LogP contribution in [0.3, 0.4) is 0 Å². The van der Waals surface area contributed by atoms with Gasteiger partial charge in [0.05, 0.1) is 5.60 Å². The van der Waals surface area contributed by atoms with Crippen LogP contribution in [0.1, 0.15) is 43.7 Å². The van der Waals surface area contributed by atoms with Crippen LogP contribution in [0.2, 0.25) is 0 Å². The molecule has 0 saturated heterocycles. The predicted octanol–water partition coefficient (Wildman–Crippen LogP) is 4.87. The molecule has 0 amide bonds. The summed E-state index contributed by atoms with van der Waals surface area (Å²) in [5, 5.41) is 8.95. The molecule has 106 valence electrons. The van der Waals surface area contributed by atoms with E-state index in [0.717, 1.165) is 12.8 Å². The number of hydrogen-bond acceptors (Lipinski definition) is 2. The molecule has 2 aromatic carbocycles. The van der Waals surface area contributed by atoms with Crippen molar-refractivity contribution in [2.24, 2.45) is 0 Å². The van der Waals surface area contributed by atoms with E-state index in [4.69, 9.17) is 5.26 Å². The van der Waals surface area contributed by atoms with Gasteiger partial charge in [-0.05, 0) is 37.8 Å². The van der Waals surface area contributed by atoms with E-state index in [1.165, 1.54) is 11.1 Å². The van der Waals surface area contributed by atoms with Crippen LogP contribution >= 0.6 is 0 Å². The quantitative estimate of drug-likeness (QED) is 0.599. The van der Waals surface area contributed by atoms with Gasteiger partial charge in [0.25, 0.3) is 0 Å². The van der Waals surface area contributed by atoms with Crippen LogP contribution in [0, 0.1) is 0 Å². The minimum Gasteiger partial charge on any atom is -0.251 e. The molecule has 0 atom stereocenters. The van der Waals surface area contributed by atoms with Crippen molar-refractivity contribution in [3.63, 3.8) is 0 Å². The minimum absolute atomic E-state index is 0.326. The van der Waals surface area contributed by atoms with Gasteiger partial charge in [-0.25, -0.2) is 4.89 Å². The topological polar surface area (TPSA) is 29.5 Å². The Kier molecular flexibility index (Phi) is 4.94. The Balaban J connectivity index is 2.22. The first-order valence-corrected chi connectivity index (χ1v) is 7.05. The fourth-order valence-corrected chi connectivity index (χ4v) is 2.43. The molecule has 2 aromatic rings. The van der Waals surface area contributed by atoms with Crippen LogP contribution in [0.15, 0.2) is 60.7 Å². The second kappa shape index (κ2) is 6.69. The fourth-order valence-electron chi connectivity index (χ4n) is 2.43. The lowest BCUT2D eigenvalue weighted by Crippen LogP contribution is -2.23. The summed E-state index contributed by atoms with van der Waals surface area (Å²) in [6, 6.07) is 21.0. The van der Waals surface area contributed by atoms with Crippen LogP contribution < -0.4 is 0 Å². The van der Waals surface area contributed by atoms with Crippen molar-refractivity contribution < 1.29 is 10.1 Å². The Morgan fingerprint density at radius 1 is 0.900 bits per heavy atom. The molecule has 2 nitrogen and oxygen atoms in total. The average Bonchev–Trinajstić information content (AvgIpc) is 2.49. The molecule has 0 aromatic heterocycles. The molecule has 2 heteroatoms. The van der Waals surface area contributed by atoms with Crippen LogP contribution in [0.4, 0.5) is 0 Å². The van der Waals surface area contributed by atoms with E-state index in [2.05, 4.69) is 53.4 Å². The smallest absolute Gasteiger partial charge is 0.0977 e. The van der Waals surface area contributed by atoms with Gasteiger partial charge < -0.3 is 0 Å². The largest absolute Gasteiger partial charge is 0.251 e. The van der Waals surface area contributed by atoms with E-state index in [0.29, 0.717) is 5.92 Å². The maximum absolute atomic E-state index is 8.95. The third kappa shape index (κ3) is 3.92. The molecule has 0 fully saturated rings. The van der Waals surface area contributed by atoms with Crippen LogP contribution in [-0.2, 0) is 4.89 Å². The van der Waals surface area contributed by atoms with E-state index >= 15 is 0 Å². The van der Waals surface area contributed by atoms with Crippen molar-refractivity contribution >= 4 is 0 Å². The molecular weight excluding hydrogens is 248 g/mol. The van der Waals surface area contributed by atoms with Gasteiger partial charge in [-0.15, -0.1) is 0 Å². The Bertz CT molecular complexity index is 466. The normalized spacial score (nSPS) is 11.8. The summed E-state index contributed by atoms with van der Waals surface area (Å²) in [6.07, 6.45) is 1.72. The zero-order valence-electron chi connectivity index (χ0n) is 12.1. The third-order valence-corrected chi connectivity index (χ3v) is 3.69. The van der Waals surface area contributed by atoms with Crippen LogP contribution in [0.5, 0.6) is 0 Å². The molecule has 0 radical (unpaired) electrons. The lowest BCUT2D eigenvalue weighted by Gasteiger charge is -2.24. The summed E-state index contributed by atoms with van der Waals surface area (Å²) in [5.41, 5.74) is 2.09. The second-order valence-corrected chi connectivity index (χ2v) is 5.76. The maximum Gasteiger partial charge on any atom is 0.0977 e. The van der Waals surface area contributed by atoms with Crippen LogP contribution in [0.25, 0.3) is 0 Å². The van der Waals surface area contributed by atoms with Gasteiger partial charge >= 0.3 is 0 Å². The number of benzene rings is 2. The summed E-state index contributed by atoms with van der Waals surface area (Å²) < 4.78 is 0. The van der Waals surface area contributed by atoms with Gasteiger partial charge in [-0.2, -0.15) is 0 Å². The average molecular weight is 270 g/mol. The second-order valence-electron chi connectivity index (χ2n) is 5.76. The minimum atomic E-state index is -0.512. The Labute approximate surface area is 121 Å². The van der Waals surface area contributed by atoms with Crippen molar-refractivity contribution in [1.29, 1.82) is 0 Å². The molecule has 20 heavy (non-hydrogen) atoms. The van der Waals surface area contributed by atoms with E-state index < -0.39 is 5.60 Å². The van der Waals surface area contributed by atoms with E-state index in [-0.39, 0.29) is 0 Å². The highest BCUT2D eigenvalue weighted by molar-refractivity contribution is 5.32. The van der Waals surface area contributed by atoms with E-state index in [9.17, 15) is 0 Å². The van der Waals surface area contributed by atoms with E-state index in [1.54, 1.807) is 0 Å². The molecule has 1 N–H and O–H groups in total. The summed E-state index contributed by atoms with van der Waals surface area (Å²) in [7, 11) is 0. The molecule has 0 spiro atoms. The Hall–Kier alpha value is -1.64. The molecular formula is C18H22O2. The highest BCUT2D eigenvalue weighted by Gasteiger charge is 2.22. The lowest BCUT2D eigenvalue weighted by molar-refractivity contribution is -0.314. The highest BCUT2D eigenvalue weighted by Crippen LogP contribution is 2.31. The SMILES string of the molecule is CC(C)(CCC(c1ccccc1)c1ccccc1)OO. The molecule has 0 saturated carbocycles.